The van der Waals surface area contributed by atoms with Gasteiger partial charge in [0.15, 0.2) is 5.65 Å². The highest BCUT2D eigenvalue weighted by Crippen LogP contribution is 2.20. The van der Waals surface area contributed by atoms with Crippen LogP contribution >= 0.6 is 0 Å². The largest absolute Gasteiger partial charge is 0.378 e. The third kappa shape index (κ3) is 1.80. The van der Waals surface area contributed by atoms with E-state index in [1.54, 1.807) is 4.52 Å². The van der Waals surface area contributed by atoms with Gasteiger partial charge >= 0.3 is 0 Å². The van der Waals surface area contributed by atoms with E-state index in [-0.39, 0.29) is 0 Å². The first-order valence-corrected chi connectivity index (χ1v) is 5.69. The van der Waals surface area contributed by atoms with E-state index in [9.17, 15) is 0 Å². The summed E-state index contributed by atoms with van der Waals surface area (Å²) in [6.45, 7) is 5.39. The molecule has 0 aliphatic carbocycles. The molecule has 90 valence electrons. The molecule has 0 atom stereocenters. The van der Waals surface area contributed by atoms with Gasteiger partial charge < -0.3 is 15.4 Å². The van der Waals surface area contributed by atoms with Crippen LogP contribution in [-0.2, 0) is 4.74 Å². The van der Waals surface area contributed by atoms with Crippen LogP contribution in [0.2, 0.25) is 0 Å². The highest BCUT2D eigenvalue weighted by molar-refractivity contribution is 5.58. The van der Waals surface area contributed by atoms with Crippen molar-refractivity contribution in [3.63, 3.8) is 0 Å². The van der Waals surface area contributed by atoms with Crippen LogP contribution in [0.1, 0.15) is 5.56 Å². The topological polar surface area (TPSA) is 68.7 Å². The summed E-state index contributed by atoms with van der Waals surface area (Å²) in [6, 6.07) is 2.12. The van der Waals surface area contributed by atoms with Gasteiger partial charge in [0, 0.05) is 13.1 Å². The Balaban J connectivity index is 2.04. The average molecular weight is 233 g/mol. The number of rotatable bonds is 1. The van der Waals surface area contributed by atoms with E-state index in [1.807, 2.05) is 13.1 Å². The Labute approximate surface area is 99.0 Å². The molecule has 3 rings (SSSR count). The third-order valence-electron chi connectivity index (χ3n) is 3.00. The van der Waals surface area contributed by atoms with Crippen molar-refractivity contribution >= 4 is 17.3 Å². The summed E-state index contributed by atoms with van der Waals surface area (Å²) in [7, 11) is 0. The molecule has 17 heavy (non-hydrogen) atoms. The van der Waals surface area contributed by atoms with Gasteiger partial charge in [-0.15, -0.1) is 5.10 Å². The molecule has 2 N–H and O–H groups in total. The van der Waals surface area contributed by atoms with Gasteiger partial charge in [-0.2, -0.15) is 4.98 Å². The molecule has 1 saturated heterocycles. The molecule has 6 heteroatoms. The number of anilines is 2. The second-order valence-electron chi connectivity index (χ2n) is 4.22. The van der Waals surface area contributed by atoms with Crippen LogP contribution in [0.3, 0.4) is 0 Å². The van der Waals surface area contributed by atoms with Crippen molar-refractivity contribution in [3.05, 3.63) is 17.8 Å². The number of pyridine rings is 1. The summed E-state index contributed by atoms with van der Waals surface area (Å²) in [5.74, 6) is 0.312. The van der Waals surface area contributed by atoms with Crippen LogP contribution in [0.4, 0.5) is 11.6 Å². The predicted octanol–water partition coefficient (Wildman–Crippen LogP) is 0.457. The maximum absolute atomic E-state index is 5.61. The molecular weight excluding hydrogens is 218 g/mol. The van der Waals surface area contributed by atoms with E-state index in [2.05, 4.69) is 21.0 Å². The fraction of sp³-hybridized carbons (Fsp3) is 0.455. The van der Waals surface area contributed by atoms with Gasteiger partial charge in [-0.1, -0.05) is 0 Å². The molecule has 1 aliphatic heterocycles. The zero-order valence-electron chi connectivity index (χ0n) is 9.76. The second-order valence-corrected chi connectivity index (χ2v) is 4.22. The summed E-state index contributed by atoms with van der Waals surface area (Å²) in [4.78, 5) is 6.47. The van der Waals surface area contributed by atoms with E-state index in [4.69, 9.17) is 10.5 Å². The number of ether oxygens (including phenoxy) is 1. The molecular formula is C11H15N5O. The molecule has 0 unspecified atom stereocenters. The number of nitrogens with two attached hydrogens (primary N) is 1. The molecule has 2 aromatic heterocycles. The maximum Gasteiger partial charge on any atom is 0.240 e. The Bertz CT molecular complexity index is 544. The van der Waals surface area contributed by atoms with Gasteiger partial charge in [-0.3, -0.25) is 0 Å². The Morgan fingerprint density at radius 2 is 2.12 bits per heavy atom. The fourth-order valence-corrected chi connectivity index (χ4v) is 2.14. The molecule has 1 fully saturated rings. The first kappa shape index (κ1) is 10.3. The van der Waals surface area contributed by atoms with Gasteiger partial charge in [0.05, 0.1) is 25.1 Å². The smallest absolute Gasteiger partial charge is 0.240 e. The summed E-state index contributed by atoms with van der Waals surface area (Å²) in [6.07, 6.45) is 1.97. The standard InChI is InChI=1S/C11H15N5O/c1-8-6-9(15-2-4-17-5-3-15)7-16-10(8)13-11(12)14-16/h6-7H,2-5H2,1H3,(H2,12,14). The molecule has 0 spiro atoms. The Morgan fingerprint density at radius 1 is 1.35 bits per heavy atom. The molecule has 6 nitrogen and oxygen atoms in total. The number of hydrogen-bond donors (Lipinski definition) is 1. The maximum atomic E-state index is 5.61. The lowest BCUT2D eigenvalue weighted by Crippen LogP contribution is -2.36. The van der Waals surface area contributed by atoms with Crippen LogP contribution in [0, 0.1) is 6.92 Å². The highest BCUT2D eigenvalue weighted by Gasteiger charge is 2.13. The summed E-state index contributed by atoms with van der Waals surface area (Å²) in [5.41, 5.74) is 8.65. The van der Waals surface area contributed by atoms with Crippen molar-refractivity contribution in [2.24, 2.45) is 0 Å². The lowest BCUT2D eigenvalue weighted by Gasteiger charge is -2.28. The molecule has 3 heterocycles. The zero-order chi connectivity index (χ0) is 11.8. The number of nitrogen functional groups attached to an aromatic ring is 1. The number of nitrogens with zero attached hydrogens (tertiary/aromatic N) is 4. The van der Waals surface area contributed by atoms with Crippen molar-refractivity contribution in [2.45, 2.75) is 6.92 Å². The van der Waals surface area contributed by atoms with Crippen molar-refractivity contribution in [3.8, 4) is 0 Å². The molecule has 0 amide bonds. The van der Waals surface area contributed by atoms with Crippen LogP contribution in [0.5, 0.6) is 0 Å². The highest BCUT2D eigenvalue weighted by atomic mass is 16.5. The number of aromatic nitrogens is 3. The number of fused-ring (bicyclic) bond motifs is 1. The van der Waals surface area contributed by atoms with E-state index in [1.165, 1.54) is 0 Å². The predicted molar refractivity (Wildman–Crippen MR) is 65.2 cm³/mol. The lowest BCUT2D eigenvalue weighted by atomic mass is 10.2. The van der Waals surface area contributed by atoms with Crippen molar-refractivity contribution in [1.82, 2.24) is 14.6 Å². The minimum absolute atomic E-state index is 0.312. The van der Waals surface area contributed by atoms with Gasteiger partial charge in [0.25, 0.3) is 0 Å². The molecule has 2 aromatic rings. The third-order valence-corrected chi connectivity index (χ3v) is 3.00. The Kier molecular flexibility index (Phi) is 2.36. The Hall–Kier alpha value is -1.82. The number of morpholine rings is 1. The van der Waals surface area contributed by atoms with Crippen LogP contribution < -0.4 is 10.6 Å². The van der Waals surface area contributed by atoms with Crippen molar-refractivity contribution < 1.29 is 4.74 Å². The number of aryl methyl sites for hydroxylation is 1. The van der Waals surface area contributed by atoms with E-state index in [0.717, 1.165) is 43.2 Å². The average Bonchev–Trinajstić information content (AvgIpc) is 2.71. The molecule has 0 saturated carbocycles. The Morgan fingerprint density at radius 3 is 2.88 bits per heavy atom. The molecule has 0 radical (unpaired) electrons. The first-order valence-electron chi connectivity index (χ1n) is 5.69. The van der Waals surface area contributed by atoms with Gasteiger partial charge in [0.2, 0.25) is 5.95 Å². The normalized spacial score (nSPS) is 16.6. The van der Waals surface area contributed by atoms with E-state index < -0.39 is 0 Å². The SMILES string of the molecule is Cc1cc(N2CCOCC2)cn2nc(N)nc12. The van der Waals surface area contributed by atoms with Gasteiger partial charge in [-0.05, 0) is 18.6 Å². The monoisotopic (exact) mass is 233 g/mol. The quantitative estimate of drug-likeness (QED) is 0.774. The van der Waals surface area contributed by atoms with Crippen LogP contribution in [-0.4, -0.2) is 40.9 Å². The molecule has 1 aliphatic rings. The minimum atomic E-state index is 0.312. The van der Waals surface area contributed by atoms with Crippen LogP contribution in [0.25, 0.3) is 5.65 Å². The second kappa shape index (κ2) is 3.89. The van der Waals surface area contributed by atoms with Gasteiger partial charge in [-0.25, -0.2) is 4.52 Å². The summed E-state index contributed by atoms with van der Waals surface area (Å²) < 4.78 is 7.09. The lowest BCUT2D eigenvalue weighted by molar-refractivity contribution is 0.122. The van der Waals surface area contributed by atoms with E-state index >= 15 is 0 Å². The fourth-order valence-electron chi connectivity index (χ4n) is 2.14. The van der Waals surface area contributed by atoms with Crippen molar-refractivity contribution in [1.29, 1.82) is 0 Å². The zero-order valence-corrected chi connectivity index (χ0v) is 9.76. The van der Waals surface area contributed by atoms with Crippen LogP contribution in [0.15, 0.2) is 12.3 Å². The van der Waals surface area contributed by atoms with Crippen molar-refractivity contribution in [2.75, 3.05) is 36.9 Å². The minimum Gasteiger partial charge on any atom is -0.378 e. The summed E-state index contributed by atoms with van der Waals surface area (Å²) in [5, 5.41) is 4.15. The van der Waals surface area contributed by atoms with Gasteiger partial charge in [0.1, 0.15) is 0 Å². The summed E-state index contributed by atoms with van der Waals surface area (Å²) >= 11 is 0. The first-order chi connectivity index (χ1) is 8.24. The molecule has 0 bridgehead atoms. The number of hydrogen-bond acceptors (Lipinski definition) is 5. The van der Waals surface area contributed by atoms with E-state index in [0.29, 0.717) is 5.95 Å². The molecule has 0 aromatic carbocycles.